The van der Waals surface area contributed by atoms with Crippen LogP contribution in [0.25, 0.3) is 10.9 Å². The lowest BCUT2D eigenvalue weighted by Gasteiger charge is -2.22. The molecule has 176 valence electrons. The maximum Gasteiger partial charge on any atom is 0.319 e. The van der Waals surface area contributed by atoms with Crippen molar-refractivity contribution in [1.82, 2.24) is 19.9 Å². The van der Waals surface area contributed by atoms with Gasteiger partial charge in [0.05, 0.1) is 30.0 Å². The summed E-state index contributed by atoms with van der Waals surface area (Å²) in [4.78, 5) is 32.1. The van der Waals surface area contributed by atoms with Gasteiger partial charge in [0.15, 0.2) is 4.34 Å². The number of hydrogen-bond acceptors (Lipinski definition) is 8. The summed E-state index contributed by atoms with van der Waals surface area (Å²) < 4.78 is -0.239. The zero-order valence-electron chi connectivity index (χ0n) is 19.0. The Hall–Kier alpha value is -2.75. The topological polar surface area (TPSA) is 92.1 Å². The second kappa shape index (κ2) is 10.2. The van der Waals surface area contributed by atoms with E-state index in [4.69, 9.17) is 16.6 Å². The molecule has 3 aromatic heterocycles. The zero-order chi connectivity index (χ0) is 24.3. The Bertz CT molecular complexity index is 1310. The number of hydrogen-bond donors (Lipinski definition) is 1. The highest BCUT2D eigenvalue weighted by Gasteiger charge is 2.30. The Morgan fingerprint density at radius 2 is 1.85 bits per heavy atom. The molecule has 0 aliphatic carbocycles. The molecular formula is C24H24ClN5O2S2. The lowest BCUT2D eigenvalue weighted by Crippen LogP contribution is -2.27. The van der Waals surface area contributed by atoms with E-state index >= 15 is 0 Å². The minimum Gasteiger partial charge on any atom is -0.480 e. The molecule has 0 saturated heterocycles. The predicted molar refractivity (Wildman–Crippen MR) is 138 cm³/mol. The number of thioether (sulfide) groups is 1. The second-order valence-electron chi connectivity index (χ2n) is 8.26. The number of carboxylic acids is 1. The molecule has 0 spiro atoms. The van der Waals surface area contributed by atoms with Crippen molar-refractivity contribution in [3.63, 3.8) is 0 Å². The normalized spacial score (nSPS) is 11.6. The number of carboxylic acid groups (broad SMARTS) is 1. The first-order valence-corrected chi connectivity index (χ1v) is 12.8. The maximum atomic E-state index is 11.5. The Morgan fingerprint density at radius 1 is 1.12 bits per heavy atom. The Morgan fingerprint density at radius 3 is 2.56 bits per heavy atom. The lowest BCUT2D eigenvalue weighted by molar-refractivity contribution is -0.138. The largest absolute Gasteiger partial charge is 0.480 e. The van der Waals surface area contributed by atoms with Crippen LogP contribution in [0.1, 0.15) is 37.7 Å². The quantitative estimate of drug-likeness (QED) is 0.278. The van der Waals surface area contributed by atoms with Crippen LogP contribution in [0.2, 0.25) is 5.02 Å². The summed E-state index contributed by atoms with van der Waals surface area (Å²) in [5.74, 6) is -0.285. The van der Waals surface area contributed by atoms with Gasteiger partial charge in [0.1, 0.15) is 4.75 Å². The standard InChI is InChI=1S/C24H24ClN5O2S2/c1-4-15-10-26-22(27-11-15)30(12-18-7-5-16-9-17(25)6-8-20(16)28-18)13-19-14-33-23(29-19)34-24(2,3)21(31)32/h5-11,14H,4,12-13H2,1-3H3,(H,31,32). The van der Waals surface area contributed by atoms with Gasteiger partial charge in [-0.2, -0.15) is 0 Å². The van der Waals surface area contributed by atoms with Gasteiger partial charge in [0.2, 0.25) is 5.95 Å². The van der Waals surface area contributed by atoms with Crippen LogP contribution in [0.15, 0.2) is 52.4 Å². The molecule has 1 N–H and O–H groups in total. The number of nitrogens with zero attached hydrogens (tertiary/aromatic N) is 5. The van der Waals surface area contributed by atoms with Crippen molar-refractivity contribution in [2.45, 2.75) is 49.4 Å². The average molecular weight is 514 g/mol. The molecule has 34 heavy (non-hydrogen) atoms. The van der Waals surface area contributed by atoms with Gasteiger partial charge in [-0.1, -0.05) is 36.4 Å². The Kier molecular flexibility index (Phi) is 7.35. The smallest absolute Gasteiger partial charge is 0.319 e. The molecule has 0 aliphatic heterocycles. The van der Waals surface area contributed by atoms with Crippen molar-refractivity contribution >= 4 is 57.5 Å². The number of aryl methyl sites for hydroxylation is 1. The SMILES string of the molecule is CCc1cnc(N(Cc2csc(SC(C)(C)C(=O)O)n2)Cc2ccc3cc(Cl)ccc3n2)nc1. The monoisotopic (exact) mass is 513 g/mol. The van der Waals surface area contributed by atoms with E-state index in [1.807, 2.05) is 53.0 Å². The number of rotatable bonds is 9. The molecule has 0 aliphatic rings. The predicted octanol–water partition coefficient (Wildman–Crippen LogP) is 5.86. The molecule has 0 fully saturated rings. The molecule has 0 unspecified atom stereocenters. The van der Waals surface area contributed by atoms with E-state index in [1.165, 1.54) is 23.1 Å². The summed E-state index contributed by atoms with van der Waals surface area (Å²) in [7, 11) is 0. The molecule has 4 aromatic rings. The third-order valence-corrected chi connectivity index (χ3v) is 7.59. The Labute approximate surface area is 211 Å². The van der Waals surface area contributed by atoms with E-state index in [2.05, 4.69) is 21.9 Å². The average Bonchev–Trinajstić information content (AvgIpc) is 3.24. The fraction of sp³-hybridized carbons (Fsp3) is 0.292. The van der Waals surface area contributed by atoms with Crippen molar-refractivity contribution in [2.24, 2.45) is 0 Å². The van der Waals surface area contributed by atoms with E-state index < -0.39 is 10.7 Å². The number of carbonyl (C=O) groups is 1. The van der Waals surface area contributed by atoms with Crippen LogP contribution in [0.5, 0.6) is 0 Å². The first kappa shape index (κ1) is 24.4. The van der Waals surface area contributed by atoms with Gasteiger partial charge in [-0.25, -0.2) is 15.0 Å². The van der Waals surface area contributed by atoms with Crippen molar-refractivity contribution in [3.8, 4) is 0 Å². The third-order valence-electron chi connectivity index (χ3n) is 5.19. The second-order valence-corrected chi connectivity index (χ2v) is 11.4. The highest BCUT2D eigenvalue weighted by molar-refractivity contribution is 8.03. The van der Waals surface area contributed by atoms with Crippen LogP contribution in [0.3, 0.4) is 0 Å². The molecule has 7 nitrogen and oxygen atoms in total. The molecule has 1 aromatic carbocycles. The van der Waals surface area contributed by atoms with Crippen LogP contribution < -0.4 is 4.90 Å². The molecule has 0 atom stereocenters. The van der Waals surface area contributed by atoms with Gasteiger partial charge < -0.3 is 10.0 Å². The number of aliphatic carboxylic acids is 1. The van der Waals surface area contributed by atoms with Crippen LogP contribution in [0.4, 0.5) is 5.95 Å². The minimum absolute atomic E-state index is 0.469. The van der Waals surface area contributed by atoms with Crippen LogP contribution in [-0.2, 0) is 24.3 Å². The van der Waals surface area contributed by atoms with Crippen molar-refractivity contribution in [1.29, 1.82) is 0 Å². The highest BCUT2D eigenvalue weighted by Crippen LogP contribution is 2.35. The zero-order valence-corrected chi connectivity index (χ0v) is 21.4. The first-order chi connectivity index (χ1) is 16.2. The van der Waals surface area contributed by atoms with Crippen molar-refractivity contribution in [3.05, 3.63) is 70.1 Å². The molecule has 3 heterocycles. The summed E-state index contributed by atoms with van der Waals surface area (Å²) >= 11 is 8.79. The van der Waals surface area contributed by atoms with Gasteiger partial charge in [-0.3, -0.25) is 9.78 Å². The van der Waals surface area contributed by atoms with E-state index in [-0.39, 0.29) is 0 Å². The van der Waals surface area contributed by atoms with Crippen LogP contribution >= 0.6 is 34.7 Å². The van der Waals surface area contributed by atoms with E-state index in [0.29, 0.717) is 28.4 Å². The van der Waals surface area contributed by atoms with E-state index in [0.717, 1.165) is 34.3 Å². The number of pyridine rings is 1. The van der Waals surface area contributed by atoms with Crippen LogP contribution in [0, 0.1) is 0 Å². The van der Waals surface area contributed by atoms with E-state index in [9.17, 15) is 9.90 Å². The van der Waals surface area contributed by atoms with Crippen LogP contribution in [-0.4, -0.2) is 35.8 Å². The molecular weight excluding hydrogens is 490 g/mol. The fourth-order valence-electron chi connectivity index (χ4n) is 3.18. The molecule has 0 amide bonds. The molecule has 0 bridgehead atoms. The summed E-state index contributed by atoms with van der Waals surface area (Å²) in [6.45, 7) is 6.37. The fourth-order valence-corrected chi connectivity index (χ4v) is 5.54. The summed E-state index contributed by atoms with van der Waals surface area (Å²) in [5.41, 5.74) is 3.62. The first-order valence-electron chi connectivity index (χ1n) is 10.7. The van der Waals surface area contributed by atoms with Gasteiger partial charge in [0, 0.05) is 28.2 Å². The molecule has 4 rings (SSSR count). The summed E-state index contributed by atoms with van der Waals surface area (Å²) in [6.07, 6.45) is 4.53. The number of aromatic nitrogens is 4. The number of anilines is 1. The maximum absolute atomic E-state index is 11.5. The number of fused-ring (bicyclic) bond motifs is 1. The van der Waals surface area contributed by atoms with Crippen molar-refractivity contribution < 1.29 is 9.90 Å². The highest BCUT2D eigenvalue weighted by atomic mass is 35.5. The molecule has 0 radical (unpaired) electrons. The number of halogens is 1. The van der Waals surface area contributed by atoms with Gasteiger partial charge in [-0.15, -0.1) is 11.3 Å². The molecule has 0 saturated carbocycles. The number of thiazole rings is 1. The lowest BCUT2D eigenvalue weighted by atomic mass is 10.2. The van der Waals surface area contributed by atoms with E-state index in [1.54, 1.807) is 13.8 Å². The van der Waals surface area contributed by atoms with Crippen molar-refractivity contribution in [2.75, 3.05) is 4.90 Å². The van der Waals surface area contributed by atoms with Gasteiger partial charge >= 0.3 is 5.97 Å². The Balaban J connectivity index is 1.60. The summed E-state index contributed by atoms with van der Waals surface area (Å²) in [5, 5.41) is 13.0. The summed E-state index contributed by atoms with van der Waals surface area (Å²) in [6, 6.07) is 9.62. The third kappa shape index (κ3) is 5.84. The van der Waals surface area contributed by atoms with Gasteiger partial charge in [-0.05, 0) is 50.1 Å². The van der Waals surface area contributed by atoms with Gasteiger partial charge in [0.25, 0.3) is 0 Å². The molecule has 10 heteroatoms. The number of benzene rings is 1. The minimum atomic E-state index is -0.953.